The molecule has 0 atom stereocenters. The maximum Gasteiger partial charge on any atom is 0.422 e. The van der Waals surface area contributed by atoms with E-state index in [9.17, 15) is 41.0 Å². The van der Waals surface area contributed by atoms with E-state index in [2.05, 4.69) is 0 Å². The summed E-state index contributed by atoms with van der Waals surface area (Å²) in [6.07, 6.45) is -7.68. The maximum absolute atomic E-state index is 12.4. The van der Waals surface area contributed by atoms with E-state index in [0.717, 1.165) is 0 Å². The molecule has 0 amide bonds. The number of hydrogen-bond acceptors (Lipinski definition) is 4. The Morgan fingerprint density at radius 2 is 1.24 bits per heavy atom. The number of benzene rings is 3. The van der Waals surface area contributed by atoms with Crippen LogP contribution in [0, 0.1) is 0 Å². The average molecular weight is 537 g/mol. The fourth-order valence-corrected chi connectivity index (χ4v) is 3.70. The van der Waals surface area contributed by atoms with Crippen molar-refractivity contribution >= 4 is 22.7 Å². The van der Waals surface area contributed by atoms with Crippen molar-refractivity contribution in [3.05, 3.63) is 78.5 Å². The van der Waals surface area contributed by atoms with E-state index in [1.54, 1.807) is 18.2 Å². The predicted molar refractivity (Wildman–Crippen MR) is 124 cm³/mol. The zero-order chi connectivity index (χ0) is 27.7. The summed E-state index contributed by atoms with van der Waals surface area (Å²) < 4.78 is 85.2. The molecule has 1 N–H and O–H groups in total. The lowest BCUT2D eigenvalue weighted by Crippen LogP contribution is -2.19. The first-order valence-corrected chi connectivity index (χ1v) is 10.8. The average Bonchev–Trinajstić information content (AvgIpc) is 3.24. The number of nitrogens with zero attached hydrogens (tertiary/aromatic N) is 1. The quantitative estimate of drug-likeness (QED) is 0.159. The van der Waals surface area contributed by atoms with Gasteiger partial charge >= 0.3 is 18.3 Å². The summed E-state index contributed by atoms with van der Waals surface area (Å²) in [5, 5.41) is 9.58. The number of carboxylic acid groups (broad SMARTS) is 1. The van der Waals surface area contributed by atoms with Gasteiger partial charge in [0.05, 0.1) is 11.1 Å². The third-order valence-corrected chi connectivity index (χ3v) is 5.35. The Kier molecular flexibility index (Phi) is 7.07. The van der Waals surface area contributed by atoms with Crippen LogP contribution in [0.25, 0.3) is 27.7 Å². The molecule has 198 valence electrons. The molecule has 4 aromatic rings. The second-order valence-corrected chi connectivity index (χ2v) is 8.10. The van der Waals surface area contributed by atoms with Gasteiger partial charge in [-0.05, 0) is 59.7 Å². The molecule has 0 radical (unpaired) electrons. The van der Waals surface area contributed by atoms with Crippen molar-refractivity contribution in [2.45, 2.75) is 12.4 Å². The van der Waals surface area contributed by atoms with Gasteiger partial charge in [-0.3, -0.25) is 4.79 Å². The van der Waals surface area contributed by atoms with Gasteiger partial charge in [0.1, 0.15) is 11.5 Å². The number of alkyl halides is 6. The first-order chi connectivity index (χ1) is 17.8. The fourth-order valence-electron chi connectivity index (χ4n) is 3.70. The van der Waals surface area contributed by atoms with Crippen LogP contribution in [0.15, 0.2) is 72.9 Å². The van der Waals surface area contributed by atoms with Crippen LogP contribution in [-0.2, 0) is 4.79 Å². The van der Waals surface area contributed by atoms with Gasteiger partial charge in [-0.25, -0.2) is 4.79 Å². The first kappa shape index (κ1) is 26.6. The van der Waals surface area contributed by atoms with Crippen molar-refractivity contribution in [2.75, 3.05) is 13.2 Å². The summed E-state index contributed by atoms with van der Waals surface area (Å²) in [5.41, 5.74) is 1.86. The van der Waals surface area contributed by atoms with Gasteiger partial charge < -0.3 is 19.1 Å². The minimum atomic E-state index is -4.50. The summed E-state index contributed by atoms with van der Waals surface area (Å²) >= 11 is 0. The fraction of sp³-hybridized carbons (Fsp3) is 0.154. The standard InChI is InChI=1S/C26H17F6NO5/c27-25(28,29)13-37-18-6-1-15(2-7-18)16-3-10-22-20(11-16)21(23(34)24(35)36)12-33(22)17-4-8-19(9-5-17)38-14-26(30,31)32/h1-12H,13-14H2,(H,35,36). The number of rotatable bonds is 8. The highest BCUT2D eigenvalue weighted by Crippen LogP contribution is 2.32. The Labute approximate surface area is 210 Å². The van der Waals surface area contributed by atoms with E-state index in [1.807, 2.05) is 0 Å². The van der Waals surface area contributed by atoms with Crippen LogP contribution >= 0.6 is 0 Å². The summed E-state index contributed by atoms with van der Waals surface area (Å²) in [7, 11) is 0. The van der Waals surface area contributed by atoms with Crippen LogP contribution in [0.2, 0.25) is 0 Å². The number of hydrogen-bond donors (Lipinski definition) is 1. The number of carbonyl (C=O) groups excluding carboxylic acids is 1. The summed E-state index contributed by atoms with van der Waals surface area (Å²) in [5.74, 6) is -2.89. The molecule has 0 aliphatic rings. The van der Waals surface area contributed by atoms with E-state index >= 15 is 0 Å². The highest BCUT2D eigenvalue weighted by atomic mass is 19.4. The maximum atomic E-state index is 12.4. The normalized spacial score (nSPS) is 11.9. The van der Waals surface area contributed by atoms with Crippen LogP contribution in [0.4, 0.5) is 26.3 Å². The molecule has 6 nitrogen and oxygen atoms in total. The van der Waals surface area contributed by atoms with E-state index < -0.39 is 37.3 Å². The lowest BCUT2D eigenvalue weighted by atomic mass is 10.0. The van der Waals surface area contributed by atoms with Crippen molar-refractivity contribution < 1.29 is 50.5 Å². The van der Waals surface area contributed by atoms with E-state index in [1.165, 1.54) is 59.3 Å². The summed E-state index contributed by atoms with van der Waals surface area (Å²) in [6, 6.07) is 16.1. The molecule has 1 heterocycles. The minimum absolute atomic E-state index is 0.00251. The summed E-state index contributed by atoms with van der Waals surface area (Å²) in [4.78, 5) is 23.9. The van der Waals surface area contributed by atoms with E-state index in [0.29, 0.717) is 22.3 Å². The molecular weight excluding hydrogens is 520 g/mol. The zero-order valence-corrected chi connectivity index (χ0v) is 19.1. The van der Waals surface area contributed by atoms with Gasteiger partial charge in [-0.15, -0.1) is 0 Å². The Morgan fingerprint density at radius 1 is 0.737 bits per heavy atom. The molecule has 0 saturated carbocycles. The number of Topliss-reactive ketones (excluding diaryl/α,β-unsaturated/α-hetero) is 1. The molecule has 0 unspecified atom stereocenters. The second-order valence-electron chi connectivity index (χ2n) is 8.10. The van der Waals surface area contributed by atoms with E-state index in [-0.39, 0.29) is 22.4 Å². The van der Waals surface area contributed by atoms with Gasteiger partial charge in [0.25, 0.3) is 5.78 Å². The SMILES string of the molecule is O=C(O)C(=O)c1cn(-c2ccc(OCC(F)(F)F)cc2)c2ccc(-c3ccc(OCC(F)(F)F)cc3)cc12. The molecule has 0 saturated heterocycles. The third-order valence-electron chi connectivity index (χ3n) is 5.35. The Bertz CT molecular complexity index is 1470. The molecule has 1 aromatic heterocycles. The van der Waals surface area contributed by atoms with Crippen molar-refractivity contribution in [3.8, 4) is 28.3 Å². The number of fused-ring (bicyclic) bond motifs is 1. The van der Waals surface area contributed by atoms with Crippen LogP contribution < -0.4 is 9.47 Å². The number of aromatic nitrogens is 1. The van der Waals surface area contributed by atoms with Gasteiger partial charge in [-0.2, -0.15) is 26.3 Å². The van der Waals surface area contributed by atoms with Gasteiger partial charge in [0, 0.05) is 17.3 Å². The number of ether oxygens (including phenoxy) is 2. The Balaban J connectivity index is 1.69. The van der Waals surface area contributed by atoms with Crippen molar-refractivity contribution in [2.24, 2.45) is 0 Å². The molecule has 0 bridgehead atoms. The molecule has 0 fully saturated rings. The largest absolute Gasteiger partial charge is 0.484 e. The molecule has 3 aromatic carbocycles. The van der Waals surface area contributed by atoms with Gasteiger partial charge in [-0.1, -0.05) is 18.2 Å². The lowest BCUT2D eigenvalue weighted by Gasteiger charge is -2.11. The number of ketones is 1. The van der Waals surface area contributed by atoms with Crippen molar-refractivity contribution in [3.63, 3.8) is 0 Å². The van der Waals surface area contributed by atoms with Crippen molar-refractivity contribution in [1.29, 1.82) is 0 Å². The molecule has 12 heteroatoms. The van der Waals surface area contributed by atoms with Gasteiger partial charge in [0.15, 0.2) is 13.2 Å². The van der Waals surface area contributed by atoms with Crippen molar-refractivity contribution in [1.82, 2.24) is 4.57 Å². The molecule has 0 spiro atoms. The third kappa shape index (κ3) is 6.25. The number of halogens is 6. The molecule has 0 aliphatic carbocycles. The lowest BCUT2D eigenvalue weighted by molar-refractivity contribution is -0.154. The predicted octanol–water partition coefficient (Wildman–Crippen LogP) is 6.45. The molecular formula is C26H17F6NO5. The number of aliphatic carboxylic acids is 1. The zero-order valence-electron chi connectivity index (χ0n) is 19.1. The number of carbonyl (C=O) groups is 2. The van der Waals surface area contributed by atoms with Crippen LogP contribution in [0.5, 0.6) is 11.5 Å². The van der Waals surface area contributed by atoms with Gasteiger partial charge in [0.2, 0.25) is 0 Å². The topological polar surface area (TPSA) is 77.8 Å². The first-order valence-electron chi connectivity index (χ1n) is 10.8. The van der Waals surface area contributed by atoms with E-state index in [4.69, 9.17) is 9.47 Å². The van der Waals surface area contributed by atoms with Crippen LogP contribution in [0.3, 0.4) is 0 Å². The molecule has 0 aliphatic heterocycles. The monoisotopic (exact) mass is 537 g/mol. The molecule has 38 heavy (non-hydrogen) atoms. The van der Waals surface area contributed by atoms with Crippen LogP contribution in [-0.4, -0.2) is 47.0 Å². The Hall–Kier alpha value is -4.48. The highest BCUT2D eigenvalue weighted by Gasteiger charge is 2.29. The second kappa shape index (κ2) is 10.1. The number of carboxylic acids is 1. The molecule has 4 rings (SSSR count). The minimum Gasteiger partial charge on any atom is -0.484 e. The van der Waals surface area contributed by atoms with Crippen LogP contribution in [0.1, 0.15) is 10.4 Å². The summed E-state index contributed by atoms with van der Waals surface area (Å²) in [6.45, 7) is -2.91. The highest BCUT2D eigenvalue weighted by molar-refractivity contribution is 6.42. The Morgan fingerprint density at radius 3 is 1.74 bits per heavy atom. The smallest absolute Gasteiger partial charge is 0.422 e.